The number of fused-ring (bicyclic) bond motifs is 3. The van der Waals surface area contributed by atoms with Crippen LogP contribution in [0.2, 0.25) is 10.0 Å². The molecule has 3 aromatic carbocycles. The van der Waals surface area contributed by atoms with Crippen LogP contribution in [0.25, 0.3) is 22.8 Å². The minimum absolute atomic E-state index is 0.433. The van der Waals surface area contributed by atoms with Gasteiger partial charge in [0.25, 0.3) is 0 Å². The first-order chi connectivity index (χ1) is 20.6. The van der Waals surface area contributed by atoms with Gasteiger partial charge in [0.2, 0.25) is 0 Å². The molecule has 8 nitrogen and oxygen atoms in total. The molecule has 0 fully saturated rings. The Morgan fingerprint density at radius 2 is 1.12 bits per heavy atom. The van der Waals surface area contributed by atoms with Crippen LogP contribution in [0.1, 0.15) is 33.8 Å². The lowest BCUT2D eigenvalue weighted by atomic mass is 10.1. The van der Waals surface area contributed by atoms with Crippen molar-refractivity contribution in [2.24, 2.45) is 0 Å². The van der Waals surface area contributed by atoms with Crippen molar-refractivity contribution in [3.63, 3.8) is 0 Å². The Bertz CT molecular complexity index is 2050. The fourth-order valence-electron chi connectivity index (χ4n) is 5.91. The minimum Gasteiger partial charge on any atom is -0.276 e. The van der Waals surface area contributed by atoms with Crippen molar-refractivity contribution in [2.45, 2.75) is 41.5 Å². The zero-order valence-corrected chi connectivity index (χ0v) is 26.1. The number of allylic oxidation sites excluding steroid dienone is 1. The number of hydrogen-bond donors (Lipinski definition) is 0. The summed E-state index contributed by atoms with van der Waals surface area (Å²) in [6, 6.07) is 16.1. The van der Waals surface area contributed by atoms with Crippen molar-refractivity contribution >= 4 is 69.0 Å². The van der Waals surface area contributed by atoms with E-state index in [1.807, 2.05) is 13.8 Å². The van der Waals surface area contributed by atoms with E-state index in [1.165, 1.54) is 0 Å². The SMILES string of the molecule is Cc1nc2/c(=C\C=C3N(c4c(C)cccc4C)c4nc5cc(Cl)c(Cl)cc5nc4N3c3c(C)cccc3C)c(C)nn2n1. The summed E-state index contributed by atoms with van der Waals surface area (Å²) >= 11 is 12.9. The van der Waals surface area contributed by atoms with Crippen LogP contribution in [0.15, 0.2) is 60.4 Å². The third-order valence-electron chi connectivity index (χ3n) is 7.85. The molecule has 1 aliphatic rings. The van der Waals surface area contributed by atoms with E-state index in [2.05, 4.69) is 101 Å². The van der Waals surface area contributed by atoms with Crippen LogP contribution in [0.5, 0.6) is 0 Å². The molecule has 10 heteroatoms. The predicted octanol–water partition coefficient (Wildman–Crippen LogP) is 7.56. The third-order valence-corrected chi connectivity index (χ3v) is 8.57. The molecule has 214 valence electrons. The van der Waals surface area contributed by atoms with E-state index in [9.17, 15) is 0 Å². The van der Waals surface area contributed by atoms with Crippen molar-refractivity contribution in [3.8, 4) is 0 Å². The Morgan fingerprint density at radius 1 is 0.628 bits per heavy atom. The lowest BCUT2D eigenvalue weighted by molar-refractivity contribution is 0.793. The van der Waals surface area contributed by atoms with Gasteiger partial charge in [-0.2, -0.15) is 5.10 Å². The molecule has 0 N–H and O–H groups in total. The van der Waals surface area contributed by atoms with E-state index in [0.717, 1.165) is 50.4 Å². The van der Waals surface area contributed by atoms with Gasteiger partial charge >= 0.3 is 0 Å². The second kappa shape index (κ2) is 10.0. The summed E-state index contributed by atoms with van der Waals surface area (Å²) < 4.78 is 1.59. The molecule has 0 aliphatic carbocycles. The highest BCUT2D eigenvalue weighted by molar-refractivity contribution is 6.42. The molecule has 0 saturated carbocycles. The Morgan fingerprint density at radius 3 is 1.60 bits per heavy atom. The van der Waals surface area contributed by atoms with Crippen molar-refractivity contribution in [1.82, 2.24) is 29.8 Å². The monoisotopic (exact) mass is 606 g/mol. The summed E-state index contributed by atoms with van der Waals surface area (Å²) in [7, 11) is 0. The van der Waals surface area contributed by atoms with Crippen molar-refractivity contribution in [2.75, 3.05) is 9.80 Å². The molecule has 0 saturated heterocycles. The van der Waals surface area contributed by atoms with Crippen LogP contribution in [0.3, 0.4) is 0 Å². The van der Waals surface area contributed by atoms with E-state index in [-0.39, 0.29) is 0 Å². The number of aromatic nitrogens is 6. The average molecular weight is 608 g/mol. The number of para-hydroxylation sites is 2. The maximum atomic E-state index is 6.45. The third kappa shape index (κ3) is 4.32. The fourth-order valence-corrected chi connectivity index (χ4v) is 6.23. The van der Waals surface area contributed by atoms with Gasteiger partial charge in [0, 0.05) is 5.22 Å². The van der Waals surface area contributed by atoms with E-state index >= 15 is 0 Å². The Hall–Kier alpha value is -4.53. The highest BCUT2D eigenvalue weighted by atomic mass is 35.5. The number of halogens is 2. The molecule has 4 heterocycles. The van der Waals surface area contributed by atoms with Crippen LogP contribution in [0.4, 0.5) is 23.0 Å². The number of rotatable bonds is 3. The molecule has 0 unspecified atom stereocenters. The number of benzene rings is 3. The first-order valence-corrected chi connectivity index (χ1v) is 14.7. The molecular formula is C33H28Cl2N8. The van der Waals surface area contributed by atoms with Crippen molar-refractivity contribution < 1.29 is 0 Å². The summed E-state index contributed by atoms with van der Waals surface area (Å²) in [5, 5.41) is 10.8. The van der Waals surface area contributed by atoms with Crippen molar-refractivity contribution in [3.05, 3.63) is 109 Å². The summed E-state index contributed by atoms with van der Waals surface area (Å²) in [6.07, 6.45) is 4.15. The molecular weight excluding hydrogens is 579 g/mol. The summed E-state index contributed by atoms with van der Waals surface area (Å²) in [4.78, 5) is 19.4. The van der Waals surface area contributed by atoms with E-state index in [1.54, 1.807) is 16.8 Å². The molecule has 3 aromatic heterocycles. The highest BCUT2D eigenvalue weighted by Crippen LogP contribution is 2.51. The smallest absolute Gasteiger partial charge is 0.185 e. The Kier molecular flexibility index (Phi) is 6.37. The van der Waals surface area contributed by atoms with Crippen LogP contribution in [0, 0.1) is 41.5 Å². The van der Waals surface area contributed by atoms with Gasteiger partial charge in [0.05, 0.1) is 38.1 Å². The first kappa shape index (κ1) is 27.3. The molecule has 7 rings (SSSR count). The topological polar surface area (TPSA) is 75.3 Å². The van der Waals surface area contributed by atoms with Gasteiger partial charge in [-0.1, -0.05) is 59.6 Å². The molecule has 0 radical (unpaired) electrons. The Labute approximate surface area is 258 Å². The number of nitrogens with zero attached hydrogens (tertiary/aromatic N) is 8. The first-order valence-electron chi connectivity index (χ1n) is 13.9. The second-order valence-corrected chi connectivity index (χ2v) is 11.8. The lowest BCUT2D eigenvalue weighted by Crippen LogP contribution is -2.24. The van der Waals surface area contributed by atoms with Gasteiger partial charge in [-0.15, -0.1) is 9.73 Å². The number of aryl methyl sites for hydroxylation is 6. The molecule has 1 aliphatic heterocycles. The van der Waals surface area contributed by atoms with Crippen LogP contribution in [-0.2, 0) is 0 Å². The van der Waals surface area contributed by atoms with E-state index in [4.69, 9.17) is 33.2 Å². The average Bonchev–Trinajstić information content (AvgIpc) is 3.54. The summed E-state index contributed by atoms with van der Waals surface area (Å²) in [6.45, 7) is 12.3. The largest absolute Gasteiger partial charge is 0.276 e. The van der Waals surface area contributed by atoms with Crippen molar-refractivity contribution in [1.29, 1.82) is 0 Å². The molecule has 0 spiro atoms. The zero-order chi connectivity index (χ0) is 30.2. The predicted molar refractivity (Wildman–Crippen MR) is 174 cm³/mol. The van der Waals surface area contributed by atoms with Crippen LogP contribution < -0.4 is 15.0 Å². The van der Waals surface area contributed by atoms with Gasteiger partial charge in [-0.3, -0.25) is 9.80 Å². The molecule has 6 aromatic rings. The van der Waals surface area contributed by atoms with Crippen LogP contribution in [-0.4, -0.2) is 29.8 Å². The Balaban J connectivity index is 1.61. The molecule has 0 bridgehead atoms. The normalized spacial score (nSPS) is 13.6. The van der Waals surface area contributed by atoms with Gasteiger partial charge < -0.3 is 0 Å². The van der Waals surface area contributed by atoms with Gasteiger partial charge in [0.15, 0.2) is 17.3 Å². The van der Waals surface area contributed by atoms with Gasteiger partial charge in [-0.25, -0.2) is 15.0 Å². The maximum absolute atomic E-state index is 6.45. The van der Waals surface area contributed by atoms with Crippen LogP contribution >= 0.6 is 23.2 Å². The fraction of sp³-hybridized carbons (Fsp3) is 0.182. The lowest BCUT2D eigenvalue weighted by Gasteiger charge is -2.28. The van der Waals surface area contributed by atoms with Gasteiger partial charge in [0.1, 0.15) is 11.6 Å². The number of hydrogen-bond acceptors (Lipinski definition) is 7. The standard InChI is InChI=1S/C33H28Cl2N8/c1-17-9-7-10-18(2)29(17)41-28(14-13-23-21(5)39-43-31(23)36-22(6)40-43)42(30-19(3)11-8-12-20(30)4)33-32(41)37-26-15-24(34)25(35)16-27(26)38-33/h7-16H,1-6H3/b23-13-. The quantitative estimate of drug-likeness (QED) is 0.206. The van der Waals surface area contributed by atoms with E-state index in [0.29, 0.717) is 44.2 Å². The maximum Gasteiger partial charge on any atom is 0.185 e. The minimum atomic E-state index is 0.433. The zero-order valence-electron chi connectivity index (χ0n) is 24.6. The molecule has 43 heavy (non-hydrogen) atoms. The van der Waals surface area contributed by atoms with E-state index < -0.39 is 0 Å². The summed E-state index contributed by atoms with van der Waals surface area (Å²) in [5.41, 5.74) is 9.38. The second-order valence-electron chi connectivity index (χ2n) is 10.9. The highest BCUT2D eigenvalue weighted by Gasteiger charge is 2.39. The number of anilines is 4. The molecule has 0 amide bonds. The molecule has 0 atom stereocenters. The summed E-state index contributed by atoms with van der Waals surface area (Å²) in [5.74, 6) is 2.94. The van der Waals surface area contributed by atoms with Gasteiger partial charge in [-0.05, 0) is 88.1 Å².